The molecule has 0 aromatic heterocycles. The van der Waals surface area contributed by atoms with Crippen LogP contribution < -0.4 is 5.32 Å². The van der Waals surface area contributed by atoms with Crippen molar-refractivity contribution in [2.24, 2.45) is 5.92 Å². The van der Waals surface area contributed by atoms with Crippen molar-refractivity contribution in [1.82, 2.24) is 0 Å². The van der Waals surface area contributed by atoms with Gasteiger partial charge in [-0.1, -0.05) is 13.8 Å². The molecule has 0 unspecified atom stereocenters. The van der Waals surface area contributed by atoms with Gasteiger partial charge < -0.3 is 5.32 Å². The van der Waals surface area contributed by atoms with Crippen LogP contribution in [-0.4, -0.2) is 14.3 Å². The second kappa shape index (κ2) is 5.67. The standard InChI is InChI=1S/C11H13ClFNO3S/c1-7(2)5-11(15)14-10-4-3-8(6-9(10)13)18(12,16)17/h3-4,6-7H,5H2,1-2H3,(H,14,15). The summed E-state index contributed by atoms with van der Waals surface area (Å²) in [6.07, 6.45) is 0.259. The molecule has 0 aliphatic heterocycles. The predicted molar refractivity (Wildman–Crippen MR) is 67.5 cm³/mol. The molecule has 0 spiro atoms. The van der Waals surface area contributed by atoms with Crippen molar-refractivity contribution >= 4 is 31.3 Å². The lowest BCUT2D eigenvalue weighted by Crippen LogP contribution is -2.14. The highest BCUT2D eigenvalue weighted by molar-refractivity contribution is 8.13. The number of hydrogen-bond donors (Lipinski definition) is 1. The van der Waals surface area contributed by atoms with Gasteiger partial charge in [0.15, 0.2) is 0 Å². The molecule has 0 bridgehead atoms. The molecule has 1 rings (SSSR count). The number of amides is 1. The fraction of sp³-hybridized carbons (Fsp3) is 0.364. The van der Waals surface area contributed by atoms with E-state index in [4.69, 9.17) is 10.7 Å². The molecule has 0 aliphatic carbocycles. The van der Waals surface area contributed by atoms with Crippen molar-refractivity contribution < 1.29 is 17.6 Å². The first-order chi connectivity index (χ1) is 8.20. The van der Waals surface area contributed by atoms with E-state index in [0.29, 0.717) is 0 Å². The molecular weight excluding hydrogens is 281 g/mol. The van der Waals surface area contributed by atoms with Gasteiger partial charge >= 0.3 is 0 Å². The van der Waals surface area contributed by atoms with Gasteiger partial charge in [0, 0.05) is 17.1 Å². The second-order valence-electron chi connectivity index (χ2n) is 4.23. The van der Waals surface area contributed by atoms with Crippen LogP contribution in [0.1, 0.15) is 20.3 Å². The van der Waals surface area contributed by atoms with Gasteiger partial charge in [-0.3, -0.25) is 4.79 Å². The van der Waals surface area contributed by atoms with Crippen LogP contribution in [0.2, 0.25) is 0 Å². The summed E-state index contributed by atoms with van der Waals surface area (Å²) in [5, 5.41) is 2.37. The van der Waals surface area contributed by atoms with Gasteiger partial charge in [-0.25, -0.2) is 12.8 Å². The molecule has 0 radical (unpaired) electrons. The van der Waals surface area contributed by atoms with Crippen LogP contribution in [0.15, 0.2) is 23.1 Å². The fourth-order valence-electron chi connectivity index (χ4n) is 1.32. The Morgan fingerprint density at radius 1 is 1.44 bits per heavy atom. The molecule has 1 aromatic carbocycles. The quantitative estimate of drug-likeness (QED) is 0.868. The second-order valence-corrected chi connectivity index (χ2v) is 6.79. The third-order valence-electron chi connectivity index (χ3n) is 2.09. The van der Waals surface area contributed by atoms with E-state index in [0.717, 1.165) is 12.1 Å². The van der Waals surface area contributed by atoms with Gasteiger partial charge in [0.2, 0.25) is 5.91 Å². The minimum atomic E-state index is -3.97. The summed E-state index contributed by atoms with van der Waals surface area (Å²) in [7, 11) is 1.11. The third-order valence-corrected chi connectivity index (χ3v) is 3.44. The summed E-state index contributed by atoms with van der Waals surface area (Å²) in [5.74, 6) is -1.02. The molecule has 18 heavy (non-hydrogen) atoms. The molecule has 1 N–H and O–H groups in total. The molecule has 0 heterocycles. The molecule has 1 amide bonds. The van der Waals surface area contributed by atoms with Crippen LogP contribution in [0.4, 0.5) is 10.1 Å². The number of rotatable bonds is 4. The minimum absolute atomic E-state index is 0.0651. The first kappa shape index (κ1) is 14.9. The van der Waals surface area contributed by atoms with Crippen LogP contribution in [0.5, 0.6) is 0 Å². The van der Waals surface area contributed by atoms with Crippen LogP contribution >= 0.6 is 10.7 Å². The SMILES string of the molecule is CC(C)CC(=O)Nc1ccc(S(=O)(=O)Cl)cc1F. The summed E-state index contributed by atoms with van der Waals surface area (Å²) in [5.41, 5.74) is -0.0651. The van der Waals surface area contributed by atoms with Crippen molar-refractivity contribution in [3.63, 3.8) is 0 Å². The maximum absolute atomic E-state index is 13.5. The van der Waals surface area contributed by atoms with Crippen molar-refractivity contribution in [3.8, 4) is 0 Å². The van der Waals surface area contributed by atoms with Crippen molar-refractivity contribution in [2.75, 3.05) is 5.32 Å². The number of anilines is 1. The zero-order valence-corrected chi connectivity index (χ0v) is 11.5. The Morgan fingerprint density at radius 2 is 2.06 bits per heavy atom. The average Bonchev–Trinajstić information content (AvgIpc) is 2.18. The number of hydrogen-bond acceptors (Lipinski definition) is 3. The van der Waals surface area contributed by atoms with E-state index >= 15 is 0 Å². The average molecular weight is 294 g/mol. The Hall–Kier alpha value is -1.14. The van der Waals surface area contributed by atoms with Crippen molar-refractivity contribution in [2.45, 2.75) is 25.2 Å². The summed E-state index contributed by atoms with van der Waals surface area (Å²) >= 11 is 0. The lowest BCUT2D eigenvalue weighted by Gasteiger charge is -2.08. The lowest BCUT2D eigenvalue weighted by atomic mass is 10.1. The smallest absolute Gasteiger partial charge is 0.261 e. The largest absolute Gasteiger partial charge is 0.324 e. The Bertz CT molecular complexity index is 557. The molecule has 1 aromatic rings. The third kappa shape index (κ3) is 4.27. The Balaban J connectivity index is 2.90. The Labute approximate surface area is 110 Å². The molecule has 0 saturated carbocycles. The summed E-state index contributed by atoms with van der Waals surface area (Å²) < 4.78 is 35.5. The minimum Gasteiger partial charge on any atom is -0.324 e. The van der Waals surface area contributed by atoms with Gasteiger partial charge in [-0.15, -0.1) is 0 Å². The molecule has 7 heteroatoms. The molecular formula is C11H13ClFNO3S. The first-order valence-corrected chi connectivity index (χ1v) is 7.55. The molecule has 4 nitrogen and oxygen atoms in total. The van der Waals surface area contributed by atoms with Crippen LogP contribution in [0.3, 0.4) is 0 Å². The molecule has 100 valence electrons. The normalized spacial score (nSPS) is 11.6. The van der Waals surface area contributed by atoms with E-state index in [2.05, 4.69) is 5.32 Å². The van der Waals surface area contributed by atoms with E-state index in [1.807, 2.05) is 13.8 Å². The van der Waals surface area contributed by atoms with E-state index in [-0.39, 0.29) is 28.8 Å². The van der Waals surface area contributed by atoms with Crippen molar-refractivity contribution in [1.29, 1.82) is 0 Å². The van der Waals surface area contributed by atoms with Gasteiger partial charge in [-0.2, -0.15) is 0 Å². The van der Waals surface area contributed by atoms with Gasteiger partial charge in [-0.05, 0) is 24.1 Å². The maximum Gasteiger partial charge on any atom is 0.261 e. The topological polar surface area (TPSA) is 63.2 Å². The maximum atomic E-state index is 13.5. The molecule has 0 aliphatic rings. The van der Waals surface area contributed by atoms with E-state index in [9.17, 15) is 17.6 Å². The summed E-state index contributed by atoms with van der Waals surface area (Å²) in [4.78, 5) is 11.1. The molecule has 0 fully saturated rings. The monoisotopic (exact) mass is 293 g/mol. The number of carbonyl (C=O) groups is 1. The number of nitrogens with one attached hydrogen (secondary N) is 1. The molecule has 0 atom stereocenters. The predicted octanol–water partition coefficient (Wildman–Crippen LogP) is 2.74. The first-order valence-electron chi connectivity index (χ1n) is 5.24. The molecule has 0 saturated heterocycles. The van der Waals surface area contributed by atoms with E-state index in [1.165, 1.54) is 6.07 Å². The summed E-state index contributed by atoms with van der Waals surface area (Å²) in [6, 6.07) is 3.08. The zero-order chi connectivity index (χ0) is 13.9. The van der Waals surface area contributed by atoms with E-state index in [1.54, 1.807) is 0 Å². The number of halogens is 2. The van der Waals surface area contributed by atoms with Crippen LogP contribution in [-0.2, 0) is 13.8 Å². The van der Waals surface area contributed by atoms with Gasteiger partial charge in [0.1, 0.15) is 5.82 Å². The highest BCUT2D eigenvalue weighted by Gasteiger charge is 2.14. The number of carbonyl (C=O) groups excluding carboxylic acids is 1. The Kier molecular flexibility index (Phi) is 4.70. The number of benzene rings is 1. The fourth-order valence-corrected chi connectivity index (χ4v) is 2.08. The summed E-state index contributed by atoms with van der Waals surface area (Å²) in [6.45, 7) is 3.72. The lowest BCUT2D eigenvalue weighted by molar-refractivity contribution is -0.116. The van der Waals surface area contributed by atoms with Crippen LogP contribution in [0.25, 0.3) is 0 Å². The highest BCUT2D eigenvalue weighted by Crippen LogP contribution is 2.21. The highest BCUT2D eigenvalue weighted by atomic mass is 35.7. The zero-order valence-electron chi connectivity index (χ0n) is 9.91. The van der Waals surface area contributed by atoms with Gasteiger partial charge in [0.25, 0.3) is 9.05 Å². The van der Waals surface area contributed by atoms with Crippen LogP contribution in [0, 0.1) is 11.7 Å². The van der Waals surface area contributed by atoms with Crippen molar-refractivity contribution in [3.05, 3.63) is 24.0 Å². The van der Waals surface area contributed by atoms with Gasteiger partial charge in [0.05, 0.1) is 10.6 Å². The van der Waals surface area contributed by atoms with E-state index < -0.39 is 14.9 Å². The Morgan fingerprint density at radius 3 is 2.50 bits per heavy atom.